The van der Waals surface area contributed by atoms with Crippen LogP contribution in [0.4, 0.5) is 0 Å². The van der Waals surface area contributed by atoms with Gasteiger partial charge in [-0.3, -0.25) is 0 Å². The van der Waals surface area contributed by atoms with Crippen molar-refractivity contribution in [2.45, 2.75) is 13.0 Å². The number of nitrogens with two attached hydrogens (primary N) is 1. The molecule has 7 nitrogen and oxygen atoms in total. The number of rotatable bonds is 2. The monoisotopic (exact) mass is 230 g/mol. The number of aromatic nitrogens is 6. The average Bonchev–Trinajstić information content (AvgIpc) is 2.90. The van der Waals surface area contributed by atoms with Gasteiger partial charge < -0.3 is 5.73 Å². The summed E-state index contributed by atoms with van der Waals surface area (Å²) < 4.78 is 1.86. The van der Waals surface area contributed by atoms with Gasteiger partial charge in [0.25, 0.3) is 0 Å². The van der Waals surface area contributed by atoms with E-state index < -0.39 is 0 Å². The van der Waals surface area contributed by atoms with E-state index in [1.54, 1.807) is 6.20 Å². The summed E-state index contributed by atoms with van der Waals surface area (Å²) in [6.45, 7) is 1.83. The Bertz CT molecular complexity index is 634. The molecule has 0 saturated heterocycles. The van der Waals surface area contributed by atoms with Crippen molar-refractivity contribution in [2.24, 2.45) is 5.73 Å². The fraction of sp³-hybridized carbons (Fsp3) is 0.200. The summed E-state index contributed by atoms with van der Waals surface area (Å²) in [5, 5.41) is 11.2. The highest BCUT2D eigenvalue weighted by Crippen LogP contribution is 2.17. The SMILES string of the molecule is CC(N)c1ncc(-c2c[nH][n+]3cc[nH]c23)nn1. The van der Waals surface area contributed by atoms with Gasteiger partial charge in [0.1, 0.15) is 17.5 Å². The Balaban J connectivity index is 2.07. The fourth-order valence-corrected chi connectivity index (χ4v) is 1.66. The zero-order valence-electron chi connectivity index (χ0n) is 9.25. The topological polar surface area (TPSA) is 100 Å². The van der Waals surface area contributed by atoms with E-state index >= 15 is 0 Å². The molecule has 0 fully saturated rings. The van der Waals surface area contributed by atoms with Crippen LogP contribution in [0.5, 0.6) is 0 Å². The third-order valence-corrected chi connectivity index (χ3v) is 2.55. The third-order valence-electron chi connectivity index (χ3n) is 2.55. The van der Waals surface area contributed by atoms with Gasteiger partial charge in [-0.25, -0.2) is 15.1 Å². The number of nitrogens with zero attached hydrogens (tertiary/aromatic N) is 4. The maximum Gasteiger partial charge on any atom is 0.314 e. The van der Waals surface area contributed by atoms with Crippen LogP contribution in [-0.2, 0) is 0 Å². The summed E-state index contributed by atoms with van der Waals surface area (Å²) in [7, 11) is 0. The first kappa shape index (κ1) is 9.91. The third kappa shape index (κ3) is 1.56. The smallest absolute Gasteiger partial charge is 0.314 e. The molecule has 17 heavy (non-hydrogen) atoms. The van der Waals surface area contributed by atoms with E-state index in [-0.39, 0.29) is 6.04 Å². The van der Waals surface area contributed by atoms with E-state index in [9.17, 15) is 0 Å². The van der Waals surface area contributed by atoms with Gasteiger partial charge in [-0.05, 0) is 6.92 Å². The van der Waals surface area contributed by atoms with Gasteiger partial charge in [0.05, 0.1) is 18.4 Å². The number of nitrogens with one attached hydrogen (secondary N) is 2. The Morgan fingerprint density at radius 1 is 1.41 bits per heavy atom. The molecule has 0 amide bonds. The Labute approximate surface area is 96.7 Å². The number of hydrogen-bond donors (Lipinski definition) is 3. The zero-order valence-corrected chi connectivity index (χ0v) is 9.25. The molecule has 0 radical (unpaired) electrons. The average molecular weight is 230 g/mol. The van der Waals surface area contributed by atoms with Gasteiger partial charge in [0.15, 0.2) is 12.0 Å². The van der Waals surface area contributed by atoms with E-state index in [1.807, 2.05) is 30.0 Å². The minimum absolute atomic E-state index is 0.206. The van der Waals surface area contributed by atoms with Crippen molar-refractivity contribution in [3.05, 3.63) is 30.6 Å². The normalized spacial score (nSPS) is 13.1. The van der Waals surface area contributed by atoms with Crippen LogP contribution in [-0.4, -0.2) is 25.3 Å². The molecule has 0 aliphatic rings. The maximum atomic E-state index is 5.68. The molecule has 3 rings (SSSR count). The second kappa shape index (κ2) is 3.63. The Hall–Kier alpha value is -2.28. The van der Waals surface area contributed by atoms with E-state index in [0.29, 0.717) is 11.5 Å². The lowest BCUT2D eigenvalue weighted by molar-refractivity contribution is -0.574. The first-order valence-corrected chi connectivity index (χ1v) is 5.27. The Kier molecular flexibility index (Phi) is 2.12. The standard InChI is InChI=1S/C10H11N7/c1-6(11)9-13-5-8(15-16-9)7-4-14-17-3-2-12-10(7)17/h2-6H,11H2,1H3,(H,12,14,15)/p+1. The first-order valence-electron chi connectivity index (χ1n) is 5.27. The van der Waals surface area contributed by atoms with Crippen molar-refractivity contribution in [1.82, 2.24) is 25.3 Å². The summed E-state index contributed by atoms with van der Waals surface area (Å²) in [6.07, 6.45) is 7.25. The van der Waals surface area contributed by atoms with Crippen LogP contribution in [0.1, 0.15) is 18.8 Å². The van der Waals surface area contributed by atoms with Gasteiger partial charge in [-0.15, -0.1) is 14.7 Å². The van der Waals surface area contributed by atoms with Crippen LogP contribution < -0.4 is 10.2 Å². The number of hydrogen-bond acceptors (Lipinski definition) is 4. The van der Waals surface area contributed by atoms with E-state index in [0.717, 1.165) is 11.2 Å². The molecule has 1 unspecified atom stereocenters. The van der Waals surface area contributed by atoms with E-state index in [4.69, 9.17) is 5.73 Å². The molecule has 7 heteroatoms. The molecule has 1 atom stereocenters. The largest absolute Gasteiger partial charge is 0.321 e. The predicted molar refractivity (Wildman–Crippen MR) is 59.7 cm³/mol. The molecule has 3 aromatic rings. The van der Waals surface area contributed by atoms with Crippen LogP contribution in [0, 0.1) is 0 Å². The summed E-state index contributed by atoms with van der Waals surface area (Å²) in [4.78, 5) is 7.31. The Morgan fingerprint density at radius 3 is 3.00 bits per heavy atom. The highest BCUT2D eigenvalue weighted by molar-refractivity contribution is 5.70. The highest BCUT2D eigenvalue weighted by Gasteiger charge is 2.15. The lowest BCUT2D eigenvalue weighted by Gasteiger charge is -2.01. The van der Waals surface area contributed by atoms with Crippen molar-refractivity contribution in [2.75, 3.05) is 0 Å². The molecular weight excluding hydrogens is 218 g/mol. The van der Waals surface area contributed by atoms with E-state index in [2.05, 4.69) is 25.3 Å². The fourth-order valence-electron chi connectivity index (χ4n) is 1.66. The lowest BCUT2D eigenvalue weighted by Crippen LogP contribution is -2.18. The highest BCUT2D eigenvalue weighted by atomic mass is 15.3. The zero-order chi connectivity index (χ0) is 11.8. The molecule has 86 valence electrons. The summed E-state index contributed by atoms with van der Waals surface area (Å²) in [6, 6.07) is -0.206. The first-order chi connectivity index (χ1) is 8.25. The van der Waals surface area contributed by atoms with Crippen LogP contribution in [0.15, 0.2) is 24.8 Å². The quantitative estimate of drug-likeness (QED) is 0.537. The number of fused-ring (bicyclic) bond motifs is 1. The molecule has 0 spiro atoms. The molecule has 3 aromatic heterocycles. The van der Waals surface area contributed by atoms with Crippen molar-refractivity contribution in [3.8, 4) is 11.3 Å². The van der Waals surface area contributed by atoms with Crippen molar-refractivity contribution < 1.29 is 4.52 Å². The second-order valence-electron chi connectivity index (χ2n) is 3.86. The van der Waals surface area contributed by atoms with Gasteiger partial charge in [-0.2, -0.15) is 0 Å². The number of imidazole rings is 1. The van der Waals surface area contributed by atoms with Crippen LogP contribution in [0.25, 0.3) is 16.9 Å². The molecule has 3 heterocycles. The van der Waals surface area contributed by atoms with Gasteiger partial charge in [0, 0.05) is 0 Å². The summed E-state index contributed by atoms with van der Waals surface area (Å²) >= 11 is 0. The minimum Gasteiger partial charge on any atom is -0.321 e. The van der Waals surface area contributed by atoms with Gasteiger partial charge >= 0.3 is 5.65 Å². The second-order valence-corrected chi connectivity index (χ2v) is 3.86. The van der Waals surface area contributed by atoms with E-state index in [1.165, 1.54) is 0 Å². The predicted octanol–water partition coefficient (Wildman–Crippen LogP) is -0.0468. The molecular formula is C10H12N7+. The maximum absolute atomic E-state index is 5.68. The van der Waals surface area contributed by atoms with Crippen molar-refractivity contribution in [3.63, 3.8) is 0 Å². The number of H-pyrrole nitrogens is 2. The molecule has 0 aliphatic heterocycles. The van der Waals surface area contributed by atoms with Crippen LogP contribution in [0.3, 0.4) is 0 Å². The molecule has 0 aliphatic carbocycles. The summed E-state index contributed by atoms with van der Waals surface area (Å²) in [5.41, 5.74) is 8.23. The van der Waals surface area contributed by atoms with Crippen molar-refractivity contribution in [1.29, 1.82) is 0 Å². The van der Waals surface area contributed by atoms with Crippen LogP contribution in [0.2, 0.25) is 0 Å². The Morgan fingerprint density at radius 2 is 2.29 bits per heavy atom. The van der Waals surface area contributed by atoms with Crippen molar-refractivity contribution >= 4 is 5.65 Å². The molecule has 0 saturated carbocycles. The van der Waals surface area contributed by atoms with Gasteiger partial charge in [0.2, 0.25) is 0 Å². The molecule has 0 aromatic carbocycles. The summed E-state index contributed by atoms with van der Waals surface area (Å²) in [5.74, 6) is 0.541. The molecule has 4 N–H and O–H groups in total. The lowest BCUT2D eigenvalue weighted by atomic mass is 10.2. The number of aromatic amines is 2. The van der Waals surface area contributed by atoms with Crippen LogP contribution >= 0.6 is 0 Å². The molecule has 0 bridgehead atoms. The van der Waals surface area contributed by atoms with Gasteiger partial charge in [-0.1, -0.05) is 0 Å². The minimum atomic E-state index is -0.206.